The summed E-state index contributed by atoms with van der Waals surface area (Å²) in [6, 6.07) is 55.5. The van der Waals surface area contributed by atoms with E-state index >= 15 is 0 Å². The first-order valence-electron chi connectivity index (χ1n) is 14.5. The minimum atomic E-state index is 1.14. The lowest BCUT2D eigenvalue weighted by atomic mass is 9.95. The summed E-state index contributed by atoms with van der Waals surface area (Å²) in [5, 5.41) is 7.76. The molecular formula is C40H25NS2. The maximum atomic E-state index is 2.41. The largest absolute Gasteiger partial charge is 0.310 e. The summed E-state index contributed by atoms with van der Waals surface area (Å²) >= 11 is 3.73. The molecule has 3 heteroatoms. The van der Waals surface area contributed by atoms with E-state index in [-0.39, 0.29) is 0 Å². The second-order valence-electron chi connectivity index (χ2n) is 10.9. The van der Waals surface area contributed by atoms with Crippen molar-refractivity contribution in [3.8, 4) is 11.1 Å². The van der Waals surface area contributed by atoms with Gasteiger partial charge in [-0.1, -0.05) is 91.0 Å². The first kappa shape index (κ1) is 24.6. The Labute approximate surface area is 257 Å². The van der Waals surface area contributed by atoms with Crippen molar-refractivity contribution >= 4 is 90.9 Å². The van der Waals surface area contributed by atoms with E-state index in [2.05, 4.69) is 157 Å². The van der Waals surface area contributed by atoms with Gasteiger partial charge in [0.15, 0.2) is 0 Å². The summed E-state index contributed by atoms with van der Waals surface area (Å²) < 4.78 is 5.31. The molecular weight excluding hydrogens is 559 g/mol. The molecule has 0 aliphatic carbocycles. The van der Waals surface area contributed by atoms with Gasteiger partial charge in [-0.15, -0.1) is 22.7 Å². The predicted octanol–water partition coefficient (Wildman–Crippen LogP) is 12.7. The first-order valence-corrected chi connectivity index (χ1v) is 16.1. The molecule has 0 fully saturated rings. The molecule has 0 amide bonds. The molecule has 202 valence electrons. The van der Waals surface area contributed by atoms with Gasteiger partial charge in [0.05, 0.1) is 5.69 Å². The number of thiophene rings is 2. The van der Waals surface area contributed by atoms with Gasteiger partial charge in [-0.3, -0.25) is 0 Å². The van der Waals surface area contributed by atoms with Crippen LogP contribution in [0, 0.1) is 0 Å². The third-order valence-electron chi connectivity index (χ3n) is 8.46. The lowest BCUT2D eigenvalue weighted by molar-refractivity contribution is 1.30. The first-order chi connectivity index (χ1) is 21.3. The fraction of sp³-hybridized carbons (Fsp3) is 0. The Morgan fingerprint density at radius 1 is 0.349 bits per heavy atom. The highest BCUT2D eigenvalue weighted by atomic mass is 32.1. The highest BCUT2D eigenvalue weighted by Crippen LogP contribution is 2.45. The van der Waals surface area contributed by atoms with Crippen LogP contribution in [-0.4, -0.2) is 0 Å². The van der Waals surface area contributed by atoms with Crippen molar-refractivity contribution in [2.24, 2.45) is 0 Å². The zero-order chi connectivity index (χ0) is 28.3. The number of nitrogens with zero attached hydrogens (tertiary/aromatic N) is 1. The Bertz CT molecular complexity index is 2470. The molecule has 7 aromatic carbocycles. The fourth-order valence-electron chi connectivity index (χ4n) is 6.48. The van der Waals surface area contributed by atoms with Gasteiger partial charge in [-0.05, 0) is 77.2 Å². The third-order valence-corrected chi connectivity index (χ3v) is 10.8. The van der Waals surface area contributed by atoms with Crippen molar-refractivity contribution in [2.75, 3.05) is 4.90 Å². The summed E-state index contributed by atoms with van der Waals surface area (Å²) in [5.74, 6) is 0. The molecule has 43 heavy (non-hydrogen) atoms. The normalized spacial score (nSPS) is 11.7. The average molecular weight is 584 g/mol. The van der Waals surface area contributed by atoms with Gasteiger partial charge in [0.25, 0.3) is 0 Å². The molecule has 1 nitrogen and oxygen atoms in total. The molecule has 0 spiro atoms. The standard InChI is InChI=1S/C40H25NS2/c1-2-10-27(11-3-1)41(28-19-23-40-35(25-28)33-15-7-9-17-38(33)43-40)36-21-20-29(30-12-4-5-13-31(30)36)26-18-22-39-34(24-26)32-14-6-8-16-37(32)42-39/h1-25H. The van der Waals surface area contributed by atoms with E-state index in [1.165, 1.54) is 67.9 Å². The molecule has 2 heterocycles. The molecule has 0 saturated heterocycles. The number of hydrogen-bond donors (Lipinski definition) is 0. The molecule has 0 aliphatic heterocycles. The Morgan fingerprint density at radius 3 is 1.63 bits per heavy atom. The average Bonchev–Trinajstić information content (AvgIpc) is 3.63. The SMILES string of the molecule is c1ccc(N(c2ccc3sc4ccccc4c3c2)c2ccc(-c3ccc4sc5ccccc5c4c3)c3ccccc23)cc1. The predicted molar refractivity (Wildman–Crippen MR) is 190 cm³/mol. The van der Waals surface area contributed by atoms with Crippen molar-refractivity contribution in [3.63, 3.8) is 0 Å². The zero-order valence-electron chi connectivity index (χ0n) is 23.2. The van der Waals surface area contributed by atoms with Crippen molar-refractivity contribution in [3.05, 3.63) is 152 Å². The minimum Gasteiger partial charge on any atom is -0.310 e. The van der Waals surface area contributed by atoms with Crippen LogP contribution in [0.25, 0.3) is 62.2 Å². The quantitative estimate of drug-likeness (QED) is 0.199. The maximum absolute atomic E-state index is 2.41. The topological polar surface area (TPSA) is 3.24 Å². The highest BCUT2D eigenvalue weighted by molar-refractivity contribution is 7.26. The van der Waals surface area contributed by atoms with E-state index in [1.54, 1.807) is 0 Å². The van der Waals surface area contributed by atoms with Gasteiger partial charge in [-0.2, -0.15) is 0 Å². The maximum Gasteiger partial charge on any atom is 0.0540 e. The highest BCUT2D eigenvalue weighted by Gasteiger charge is 2.19. The minimum absolute atomic E-state index is 1.14. The Kier molecular flexibility index (Phi) is 5.62. The number of hydrogen-bond acceptors (Lipinski definition) is 3. The van der Waals surface area contributed by atoms with Crippen LogP contribution in [0.15, 0.2) is 152 Å². The zero-order valence-corrected chi connectivity index (χ0v) is 24.8. The van der Waals surface area contributed by atoms with Crippen molar-refractivity contribution in [1.82, 2.24) is 0 Å². The molecule has 9 rings (SSSR count). The third kappa shape index (κ3) is 3.97. The van der Waals surface area contributed by atoms with Crippen molar-refractivity contribution in [2.45, 2.75) is 0 Å². The fourth-order valence-corrected chi connectivity index (χ4v) is 8.65. The summed E-state index contributed by atoms with van der Waals surface area (Å²) in [6.45, 7) is 0. The van der Waals surface area contributed by atoms with Gasteiger partial charge < -0.3 is 4.90 Å². The molecule has 0 unspecified atom stereocenters. The molecule has 0 bridgehead atoms. The summed E-state index contributed by atoms with van der Waals surface area (Å²) in [4.78, 5) is 2.41. The Morgan fingerprint density at radius 2 is 0.907 bits per heavy atom. The van der Waals surface area contributed by atoms with E-state index in [0.29, 0.717) is 0 Å². The molecule has 0 saturated carbocycles. The molecule has 0 N–H and O–H groups in total. The Hall–Kier alpha value is -4.96. The molecule has 9 aromatic rings. The number of para-hydroxylation sites is 1. The van der Waals surface area contributed by atoms with E-state index in [4.69, 9.17) is 0 Å². The molecule has 0 aliphatic rings. The van der Waals surface area contributed by atoms with Gasteiger partial charge in [0, 0.05) is 57.1 Å². The van der Waals surface area contributed by atoms with Crippen LogP contribution in [0.2, 0.25) is 0 Å². The Balaban J connectivity index is 1.26. The van der Waals surface area contributed by atoms with Crippen LogP contribution < -0.4 is 4.90 Å². The van der Waals surface area contributed by atoms with E-state index in [0.717, 1.165) is 11.4 Å². The van der Waals surface area contributed by atoms with Crippen LogP contribution >= 0.6 is 22.7 Å². The van der Waals surface area contributed by atoms with Crippen LogP contribution in [-0.2, 0) is 0 Å². The molecule has 0 radical (unpaired) electrons. The smallest absolute Gasteiger partial charge is 0.0540 e. The number of fused-ring (bicyclic) bond motifs is 7. The van der Waals surface area contributed by atoms with Crippen molar-refractivity contribution < 1.29 is 0 Å². The second kappa shape index (κ2) is 9.81. The number of benzene rings is 7. The molecule has 0 atom stereocenters. The van der Waals surface area contributed by atoms with E-state index < -0.39 is 0 Å². The van der Waals surface area contributed by atoms with Gasteiger partial charge in [0.1, 0.15) is 0 Å². The van der Waals surface area contributed by atoms with Crippen LogP contribution in [0.1, 0.15) is 0 Å². The second-order valence-corrected chi connectivity index (χ2v) is 13.1. The van der Waals surface area contributed by atoms with Crippen LogP contribution in [0.4, 0.5) is 17.1 Å². The number of anilines is 3. The van der Waals surface area contributed by atoms with Gasteiger partial charge >= 0.3 is 0 Å². The van der Waals surface area contributed by atoms with E-state index in [9.17, 15) is 0 Å². The lowest BCUT2D eigenvalue weighted by Gasteiger charge is -2.27. The lowest BCUT2D eigenvalue weighted by Crippen LogP contribution is -2.10. The summed E-state index contributed by atoms with van der Waals surface area (Å²) in [7, 11) is 0. The number of rotatable bonds is 4. The van der Waals surface area contributed by atoms with E-state index in [1.807, 2.05) is 22.7 Å². The monoisotopic (exact) mass is 583 g/mol. The van der Waals surface area contributed by atoms with Gasteiger partial charge in [0.2, 0.25) is 0 Å². The van der Waals surface area contributed by atoms with Crippen LogP contribution in [0.3, 0.4) is 0 Å². The molecule has 2 aromatic heterocycles. The summed E-state index contributed by atoms with van der Waals surface area (Å²) in [5.41, 5.74) is 5.98. The van der Waals surface area contributed by atoms with Crippen molar-refractivity contribution in [1.29, 1.82) is 0 Å². The van der Waals surface area contributed by atoms with Crippen LogP contribution in [0.5, 0.6) is 0 Å². The summed E-state index contributed by atoms with van der Waals surface area (Å²) in [6.07, 6.45) is 0. The van der Waals surface area contributed by atoms with Gasteiger partial charge in [-0.25, -0.2) is 0 Å².